The summed E-state index contributed by atoms with van der Waals surface area (Å²) in [6.07, 6.45) is 2.56. The topological polar surface area (TPSA) is 24.5 Å². The first-order valence-electron chi connectivity index (χ1n) is 7.95. The molecule has 1 aromatic carbocycles. The van der Waals surface area contributed by atoms with Crippen molar-refractivity contribution in [2.45, 2.75) is 32.0 Å². The number of thiophene rings is 1. The van der Waals surface area contributed by atoms with Crippen LogP contribution in [0.3, 0.4) is 0 Å². The van der Waals surface area contributed by atoms with Crippen LogP contribution in [0.15, 0.2) is 41.1 Å². The predicted molar refractivity (Wildman–Crippen MR) is 92.5 cm³/mol. The van der Waals surface area contributed by atoms with Crippen LogP contribution in [0.2, 0.25) is 0 Å². The third-order valence-electron chi connectivity index (χ3n) is 3.97. The molecule has 2 heterocycles. The summed E-state index contributed by atoms with van der Waals surface area (Å²) in [5, 5.41) is 7.72. The van der Waals surface area contributed by atoms with Crippen molar-refractivity contribution in [3.63, 3.8) is 0 Å². The highest BCUT2D eigenvalue weighted by molar-refractivity contribution is 7.07. The van der Waals surface area contributed by atoms with Crippen molar-refractivity contribution in [2.24, 2.45) is 0 Å². The maximum absolute atomic E-state index is 6.13. The molecule has 22 heavy (non-hydrogen) atoms. The molecule has 0 spiro atoms. The zero-order valence-corrected chi connectivity index (χ0v) is 13.9. The number of benzene rings is 1. The molecule has 1 fully saturated rings. The summed E-state index contributed by atoms with van der Waals surface area (Å²) in [6.45, 7) is 4.06. The van der Waals surface area contributed by atoms with Crippen molar-refractivity contribution in [3.8, 4) is 5.75 Å². The molecule has 1 saturated heterocycles. The number of rotatable bonds is 6. The van der Waals surface area contributed by atoms with E-state index in [9.17, 15) is 0 Å². The minimum Gasteiger partial charge on any atom is -0.490 e. The summed E-state index contributed by atoms with van der Waals surface area (Å²) >= 11 is 1.76. The molecule has 1 aromatic heterocycles. The Morgan fingerprint density at radius 3 is 2.77 bits per heavy atom. The van der Waals surface area contributed by atoms with Crippen LogP contribution in [0.5, 0.6) is 5.75 Å². The molecule has 0 radical (unpaired) electrons. The molecule has 0 amide bonds. The lowest BCUT2D eigenvalue weighted by Gasteiger charge is -2.24. The van der Waals surface area contributed by atoms with Gasteiger partial charge in [-0.05, 0) is 73.1 Å². The largest absolute Gasteiger partial charge is 0.490 e. The molecule has 0 aliphatic carbocycles. The van der Waals surface area contributed by atoms with Crippen molar-refractivity contribution in [1.82, 2.24) is 10.2 Å². The van der Waals surface area contributed by atoms with E-state index in [-0.39, 0.29) is 0 Å². The van der Waals surface area contributed by atoms with Crippen LogP contribution in [0.1, 0.15) is 24.0 Å². The van der Waals surface area contributed by atoms with Gasteiger partial charge in [0.2, 0.25) is 0 Å². The van der Waals surface area contributed by atoms with E-state index in [2.05, 4.69) is 58.4 Å². The summed E-state index contributed by atoms with van der Waals surface area (Å²) in [4.78, 5) is 2.34. The number of nitrogens with one attached hydrogen (secondary N) is 1. The number of nitrogens with zero attached hydrogens (tertiary/aromatic N) is 1. The molecule has 3 nitrogen and oxygen atoms in total. The smallest absolute Gasteiger partial charge is 0.120 e. The Bertz CT molecular complexity index is 564. The maximum atomic E-state index is 6.13. The van der Waals surface area contributed by atoms with E-state index >= 15 is 0 Å². The van der Waals surface area contributed by atoms with Crippen molar-refractivity contribution < 1.29 is 4.74 Å². The fraction of sp³-hybridized carbons (Fsp3) is 0.444. The molecule has 1 aliphatic heterocycles. The Hall–Kier alpha value is -1.36. The second-order valence-corrected chi connectivity index (χ2v) is 6.80. The van der Waals surface area contributed by atoms with Crippen LogP contribution >= 0.6 is 11.3 Å². The van der Waals surface area contributed by atoms with Gasteiger partial charge in [0.05, 0.1) is 0 Å². The van der Waals surface area contributed by atoms with Gasteiger partial charge in [-0.3, -0.25) is 4.90 Å². The van der Waals surface area contributed by atoms with E-state index in [4.69, 9.17) is 4.74 Å². The fourth-order valence-electron chi connectivity index (χ4n) is 2.88. The summed E-state index contributed by atoms with van der Waals surface area (Å²) in [7, 11) is 2.16. The van der Waals surface area contributed by atoms with Crippen LogP contribution in [-0.2, 0) is 13.1 Å². The van der Waals surface area contributed by atoms with Crippen LogP contribution in [0, 0.1) is 0 Å². The van der Waals surface area contributed by atoms with E-state index in [1.54, 1.807) is 11.3 Å². The summed E-state index contributed by atoms with van der Waals surface area (Å²) in [6, 6.07) is 10.7. The van der Waals surface area contributed by atoms with Gasteiger partial charge < -0.3 is 10.1 Å². The van der Waals surface area contributed by atoms with E-state index in [0.29, 0.717) is 6.10 Å². The number of hydrogen-bond acceptors (Lipinski definition) is 4. The molecule has 4 heteroatoms. The van der Waals surface area contributed by atoms with E-state index in [0.717, 1.165) is 44.8 Å². The molecule has 118 valence electrons. The quantitative estimate of drug-likeness (QED) is 0.882. The molecule has 1 N–H and O–H groups in total. The van der Waals surface area contributed by atoms with Gasteiger partial charge in [0.25, 0.3) is 0 Å². The Morgan fingerprint density at radius 2 is 2.00 bits per heavy atom. The van der Waals surface area contributed by atoms with Crippen molar-refractivity contribution in [2.75, 3.05) is 20.1 Å². The fourth-order valence-corrected chi connectivity index (χ4v) is 3.54. The zero-order valence-electron chi connectivity index (χ0n) is 13.1. The highest BCUT2D eigenvalue weighted by Gasteiger charge is 2.14. The molecule has 1 aliphatic rings. The lowest BCUT2D eigenvalue weighted by Crippen LogP contribution is -2.34. The highest BCUT2D eigenvalue weighted by Crippen LogP contribution is 2.19. The Morgan fingerprint density at radius 1 is 1.18 bits per heavy atom. The van der Waals surface area contributed by atoms with Gasteiger partial charge in [0, 0.05) is 13.1 Å². The SMILES string of the molecule is CN(Cc1ccsc1)Cc1cccc(OC2CCNCC2)c1. The lowest BCUT2D eigenvalue weighted by molar-refractivity contribution is 0.162. The van der Waals surface area contributed by atoms with Crippen molar-refractivity contribution in [3.05, 3.63) is 52.2 Å². The number of piperidine rings is 1. The van der Waals surface area contributed by atoms with Crippen LogP contribution in [-0.4, -0.2) is 31.1 Å². The molecular formula is C18H24N2OS. The normalized spacial score (nSPS) is 16.1. The minimum absolute atomic E-state index is 0.361. The van der Waals surface area contributed by atoms with E-state index < -0.39 is 0 Å². The second kappa shape index (κ2) is 7.77. The monoisotopic (exact) mass is 316 g/mol. The van der Waals surface area contributed by atoms with Gasteiger partial charge in [-0.1, -0.05) is 12.1 Å². The second-order valence-electron chi connectivity index (χ2n) is 6.02. The molecule has 0 atom stereocenters. The lowest BCUT2D eigenvalue weighted by atomic mass is 10.1. The van der Waals surface area contributed by atoms with Crippen LogP contribution in [0.25, 0.3) is 0 Å². The van der Waals surface area contributed by atoms with E-state index in [1.165, 1.54) is 11.1 Å². The van der Waals surface area contributed by atoms with Crippen molar-refractivity contribution >= 4 is 11.3 Å². The Balaban J connectivity index is 1.56. The minimum atomic E-state index is 0.361. The molecule has 0 saturated carbocycles. The maximum Gasteiger partial charge on any atom is 0.120 e. The first kappa shape index (κ1) is 15.5. The summed E-state index contributed by atoms with van der Waals surface area (Å²) in [5.41, 5.74) is 2.69. The third kappa shape index (κ3) is 4.57. The number of ether oxygens (including phenoxy) is 1. The van der Waals surface area contributed by atoms with E-state index in [1.807, 2.05) is 0 Å². The average molecular weight is 316 g/mol. The summed E-state index contributed by atoms with van der Waals surface area (Å²) in [5.74, 6) is 1.01. The van der Waals surface area contributed by atoms with Crippen LogP contribution < -0.4 is 10.1 Å². The first-order valence-corrected chi connectivity index (χ1v) is 8.90. The highest BCUT2D eigenvalue weighted by atomic mass is 32.1. The standard InChI is InChI=1S/C18H24N2OS/c1-20(13-16-7-10-22-14-16)12-15-3-2-4-18(11-15)21-17-5-8-19-9-6-17/h2-4,7,10-11,14,17,19H,5-6,8-9,12-13H2,1H3. The van der Waals surface area contributed by atoms with Gasteiger partial charge in [-0.2, -0.15) is 11.3 Å². The first-order chi connectivity index (χ1) is 10.8. The molecular weight excluding hydrogens is 292 g/mol. The summed E-state index contributed by atoms with van der Waals surface area (Å²) < 4.78 is 6.13. The van der Waals surface area contributed by atoms with Crippen molar-refractivity contribution in [1.29, 1.82) is 0 Å². The van der Waals surface area contributed by atoms with Crippen LogP contribution in [0.4, 0.5) is 0 Å². The molecule has 0 bridgehead atoms. The molecule has 2 aromatic rings. The predicted octanol–water partition coefficient (Wildman–Crippen LogP) is 3.51. The third-order valence-corrected chi connectivity index (χ3v) is 4.70. The molecule has 0 unspecified atom stereocenters. The van der Waals surface area contributed by atoms with Gasteiger partial charge in [0.15, 0.2) is 0 Å². The van der Waals surface area contributed by atoms with Gasteiger partial charge in [0.1, 0.15) is 11.9 Å². The average Bonchev–Trinajstić information content (AvgIpc) is 3.01. The Labute approximate surface area is 136 Å². The molecule has 3 rings (SSSR count). The van der Waals surface area contributed by atoms with Gasteiger partial charge in [-0.15, -0.1) is 0 Å². The van der Waals surface area contributed by atoms with Gasteiger partial charge in [-0.25, -0.2) is 0 Å². The zero-order chi connectivity index (χ0) is 15.2. The Kier molecular flexibility index (Phi) is 5.48. The van der Waals surface area contributed by atoms with Gasteiger partial charge >= 0.3 is 0 Å². The number of hydrogen-bond donors (Lipinski definition) is 1.